The molecule has 0 saturated carbocycles. The second-order valence-corrected chi connectivity index (χ2v) is 7.73. The maximum atomic E-state index is 13.1. The second-order valence-electron chi connectivity index (χ2n) is 5.72. The van der Waals surface area contributed by atoms with Gasteiger partial charge in [-0.25, -0.2) is 12.8 Å². The zero-order chi connectivity index (χ0) is 16.6. The Labute approximate surface area is 135 Å². The van der Waals surface area contributed by atoms with E-state index in [4.69, 9.17) is 0 Å². The summed E-state index contributed by atoms with van der Waals surface area (Å²) in [4.78, 5) is 0.296. The molecule has 3 rings (SSSR count). The highest BCUT2D eigenvalue weighted by Crippen LogP contribution is 2.35. The summed E-state index contributed by atoms with van der Waals surface area (Å²) in [6, 6.07) is 13.0. The van der Waals surface area contributed by atoms with Crippen LogP contribution < -0.4 is 5.01 Å². The molecule has 1 atom stereocenters. The highest BCUT2D eigenvalue weighted by molar-refractivity contribution is 7.90. The Morgan fingerprint density at radius 2 is 1.70 bits per heavy atom. The third kappa shape index (κ3) is 3.27. The van der Waals surface area contributed by atoms with Gasteiger partial charge in [0.15, 0.2) is 9.84 Å². The van der Waals surface area contributed by atoms with E-state index in [1.54, 1.807) is 24.3 Å². The quantitative estimate of drug-likeness (QED) is 0.863. The number of hydrazone groups is 1. The lowest BCUT2D eigenvalue weighted by Crippen LogP contribution is -2.18. The van der Waals surface area contributed by atoms with Crippen LogP contribution in [0.2, 0.25) is 0 Å². The number of hydrogen-bond acceptors (Lipinski definition) is 4. The van der Waals surface area contributed by atoms with E-state index in [-0.39, 0.29) is 11.9 Å². The van der Waals surface area contributed by atoms with Crippen molar-refractivity contribution >= 4 is 21.2 Å². The van der Waals surface area contributed by atoms with Crippen LogP contribution in [0.3, 0.4) is 0 Å². The molecule has 0 aliphatic carbocycles. The molecule has 1 aliphatic heterocycles. The highest BCUT2D eigenvalue weighted by atomic mass is 32.2. The minimum Gasteiger partial charge on any atom is -0.258 e. The summed E-state index contributed by atoms with van der Waals surface area (Å²) in [6.45, 7) is 1.95. The van der Waals surface area contributed by atoms with E-state index in [0.717, 1.165) is 23.4 Å². The molecule has 0 bridgehead atoms. The summed E-state index contributed by atoms with van der Waals surface area (Å²) in [5.41, 5.74) is 2.76. The molecule has 0 N–H and O–H groups in total. The van der Waals surface area contributed by atoms with Crippen molar-refractivity contribution in [2.24, 2.45) is 5.10 Å². The molecule has 0 spiro atoms. The van der Waals surface area contributed by atoms with Crippen LogP contribution in [0, 0.1) is 5.82 Å². The average molecular weight is 332 g/mol. The number of halogens is 1. The lowest BCUT2D eigenvalue weighted by molar-refractivity contribution is 0.601. The van der Waals surface area contributed by atoms with E-state index in [1.807, 2.05) is 24.1 Å². The van der Waals surface area contributed by atoms with Gasteiger partial charge in [-0.15, -0.1) is 0 Å². The van der Waals surface area contributed by atoms with E-state index in [2.05, 4.69) is 5.10 Å². The summed E-state index contributed by atoms with van der Waals surface area (Å²) in [6.07, 6.45) is 1.94. The molecule has 1 aliphatic rings. The van der Waals surface area contributed by atoms with E-state index in [1.165, 1.54) is 18.4 Å². The molecule has 0 radical (unpaired) electrons. The molecule has 0 saturated heterocycles. The monoisotopic (exact) mass is 332 g/mol. The molecule has 4 nitrogen and oxygen atoms in total. The first-order valence-corrected chi connectivity index (χ1v) is 9.12. The fourth-order valence-corrected chi connectivity index (χ4v) is 3.32. The van der Waals surface area contributed by atoms with Gasteiger partial charge in [0, 0.05) is 18.4 Å². The maximum absolute atomic E-state index is 13.1. The minimum absolute atomic E-state index is 0.0194. The number of benzene rings is 2. The van der Waals surface area contributed by atoms with Crippen molar-refractivity contribution < 1.29 is 12.8 Å². The first-order chi connectivity index (χ1) is 10.8. The zero-order valence-electron chi connectivity index (χ0n) is 12.9. The normalized spacial score (nSPS) is 18.1. The van der Waals surface area contributed by atoms with Crippen LogP contribution >= 0.6 is 0 Å². The fraction of sp³-hybridized carbons (Fsp3) is 0.235. The Bertz CT molecular complexity index is 843. The molecule has 120 valence electrons. The third-order valence-corrected chi connectivity index (χ3v) is 4.98. The zero-order valence-corrected chi connectivity index (χ0v) is 13.7. The molecule has 2 aromatic carbocycles. The molecular formula is C17H17FN2O2S. The van der Waals surface area contributed by atoms with Gasteiger partial charge in [-0.1, -0.05) is 12.1 Å². The van der Waals surface area contributed by atoms with Crippen LogP contribution in [0.1, 0.15) is 24.9 Å². The lowest BCUT2D eigenvalue weighted by Gasteiger charge is -2.24. The standard InChI is InChI=1S/C17H17FN2O2S/c1-12-11-17(13-3-9-16(10-4-13)23(2,21)22)20(19-12)15-7-5-14(18)6-8-15/h3-10,17H,11H2,1-2H3/t17-/m0/s1. The van der Waals surface area contributed by atoms with Crippen LogP contribution in [0.5, 0.6) is 0 Å². The lowest BCUT2D eigenvalue weighted by atomic mass is 10.0. The van der Waals surface area contributed by atoms with Gasteiger partial charge in [0.2, 0.25) is 0 Å². The Balaban J connectivity index is 1.93. The number of rotatable bonds is 3. The van der Waals surface area contributed by atoms with Gasteiger partial charge < -0.3 is 0 Å². The fourth-order valence-electron chi connectivity index (χ4n) is 2.69. The van der Waals surface area contributed by atoms with Crippen molar-refractivity contribution in [2.75, 3.05) is 11.3 Å². The summed E-state index contributed by atoms with van der Waals surface area (Å²) < 4.78 is 36.2. The molecule has 23 heavy (non-hydrogen) atoms. The van der Waals surface area contributed by atoms with E-state index in [0.29, 0.717) is 4.90 Å². The van der Waals surface area contributed by atoms with Crippen molar-refractivity contribution in [3.63, 3.8) is 0 Å². The van der Waals surface area contributed by atoms with Crippen molar-refractivity contribution in [2.45, 2.75) is 24.3 Å². The topological polar surface area (TPSA) is 49.7 Å². The molecular weight excluding hydrogens is 315 g/mol. The van der Waals surface area contributed by atoms with Crippen LogP contribution in [0.15, 0.2) is 58.5 Å². The van der Waals surface area contributed by atoms with Crippen LogP contribution in [-0.4, -0.2) is 20.4 Å². The van der Waals surface area contributed by atoms with E-state index in [9.17, 15) is 12.8 Å². The first kappa shape index (κ1) is 15.7. The predicted octanol–water partition coefficient (Wildman–Crippen LogP) is 3.56. The first-order valence-electron chi connectivity index (χ1n) is 7.23. The molecule has 0 unspecified atom stereocenters. The Morgan fingerprint density at radius 1 is 1.09 bits per heavy atom. The number of nitrogens with zero attached hydrogens (tertiary/aromatic N) is 2. The van der Waals surface area contributed by atoms with Crippen molar-refractivity contribution in [1.29, 1.82) is 0 Å². The molecule has 1 heterocycles. The number of hydrogen-bond donors (Lipinski definition) is 0. The SMILES string of the molecule is CC1=NN(c2ccc(F)cc2)[C@H](c2ccc(S(C)(=O)=O)cc2)C1. The largest absolute Gasteiger partial charge is 0.258 e. The molecule has 0 amide bonds. The Hall–Kier alpha value is -2.21. The van der Waals surface area contributed by atoms with Crippen molar-refractivity contribution in [1.82, 2.24) is 0 Å². The Kier molecular flexibility index (Phi) is 3.93. The molecule has 2 aromatic rings. The second kappa shape index (κ2) is 5.77. The van der Waals surface area contributed by atoms with Crippen LogP contribution in [-0.2, 0) is 9.84 Å². The smallest absolute Gasteiger partial charge is 0.175 e. The molecule has 0 fully saturated rings. The van der Waals surface area contributed by atoms with E-state index < -0.39 is 9.84 Å². The third-order valence-electron chi connectivity index (χ3n) is 3.85. The minimum atomic E-state index is -3.21. The van der Waals surface area contributed by atoms with Gasteiger partial charge in [-0.3, -0.25) is 5.01 Å². The van der Waals surface area contributed by atoms with Gasteiger partial charge >= 0.3 is 0 Å². The summed E-state index contributed by atoms with van der Waals surface area (Å²) >= 11 is 0. The summed E-state index contributed by atoms with van der Waals surface area (Å²) in [5.74, 6) is -0.289. The molecule has 6 heteroatoms. The number of anilines is 1. The Morgan fingerprint density at radius 3 is 2.26 bits per heavy atom. The van der Waals surface area contributed by atoms with Crippen molar-refractivity contribution in [3.05, 3.63) is 59.9 Å². The maximum Gasteiger partial charge on any atom is 0.175 e. The van der Waals surface area contributed by atoms with Gasteiger partial charge in [0.1, 0.15) is 5.82 Å². The van der Waals surface area contributed by atoms with Gasteiger partial charge in [-0.2, -0.15) is 5.10 Å². The van der Waals surface area contributed by atoms with Crippen molar-refractivity contribution in [3.8, 4) is 0 Å². The van der Waals surface area contributed by atoms with E-state index >= 15 is 0 Å². The van der Waals surface area contributed by atoms with Crippen LogP contribution in [0.4, 0.5) is 10.1 Å². The highest BCUT2D eigenvalue weighted by Gasteiger charge is 2.27. The average Bonchev–Trinajstić information content (AvgIpc) is 2.89. The van der Waals surface area contributed by atoms with Gasteiger partial charge in [-0.05, 0) is 48.9 Å². The van der Waals surface area contributed by atoms with Gasteiger partial charge in [0.25, 0.3) is 0 Å². The van der Waals surface area contributed by atoms with Crippen LogP contribution in [0.25, 0.3) is 0 Å². The summed E-state index contributed by atoms with van der Waals surface area (Å²) in [5, 5.41) is 6.38. The molecule has 0 aromatic heterocycles. The number of sulfone groups is 1. The van der Waals surface area contributed by atoms with Gasteiger partial charge in [0.05, 0.1) is 16.6 Å². The summed E-state index contributed by atoms with van der Waals surface area (Å²) in [7, 11) is -3.21. The predicted molar refractivity (Wildman–Crippen MR) is 88.9 cm³/mol.